The van der Waals surface area contributed by atoms with Crippen molar-refractivity contribution in [1.29, 1.82) is 0 Å². The maximum atomic E-state index is 15.1. The monoisotopic (exact) mass is 824 g/mol. The maximum absolute atomic E-state index is 15.1. The number of benzene rings is 3. The number of thiophene rings is 1. The summed E-state index contributed by atoms with van der Waals surface area (Å²) in [6.07, 6.45) is 4.11. The van der Waals surface area contributed by atoms with Crippen LogP contribution >= 0.6 is 11.3 Å². The molecule has 12 nitrogen and oxygen atoms in total. The number of ether oxygens (including phenoxy) is 2. The number of methoxy groups -OCH3 is 1. The molecule has 1 aliphatic rings. The van der Waals surface area contributed by atoms with Crippen LogP contribution in [-0.4, -0.2) is 75.4 Å². The summed E-state index contributed by atoms with van der Waals surface area (Å²) in [7, 11) is -0.155. The van der Waals surface area contributed by atoms with E-state index in [0.29, 0.717) is 58.9 Å². The van der Waals surface area contributed by atoms with E-state index >= 15 is 4.39 Å². The van der Waals surface area contributed by atoms with Crippen molar-refractivity contribution in [3.63, 3.8) is 0 Å². The topological polar surface area (TPSA) is 134 Å². The van der Waals surface area contributed by atoms with Crippen molar-refractivity contribution in [2.75, 3.05) is 27.3 Å². The van der Waals surface area contributed by atoms with E-state index in [2.05, 4.69) is 24.0 Å². The molecule has 1 aliphatic heterocycles. The number of fused-ring (bicyclic) bond motifs is 1. The average Bonchev–Trinajstić information content (AvgIpc) is 3.88. The minimum atomic E-state index is -3.31. The minimum Gasteiger partial charge on any atom is -0.496 e. The second kappa shape index (κ2) is 16.2. The number of hydrogen-bond donors (Lipinski definition) is 1. The highest BCUT2D eigenvalue weighted by Gasteiger charge is 2.49. The fourth-order valence-electron chi connectivity index (χ4n) is 8.52. The molecule has 0 spiro atoms. The summed E-state index contributed by atoms with van der Waals surface area (Å²) in [5.41, 5.74) is -1.78. The molecule has 4 heterocycles. The van der Waals surface area contributed by atoms with Gasteiger partial charge >= 0.3 is 5.69 Å². The summed E-state index contributed by atoms with van der Waals surface area (Å²) < 4.78 is 30.1. The van der Waals surface area contributed by atoms with Gasteiger partial charge in [-0.25, -0.2) is 13.8 Å². The molecule has 1 N–H and O–H groups in total. The van der Waals surface area contributed by atoms with E-state index in [1.54, 1.807) is 25.8 Å². The average molecular weight is 825 g/mol. The second-order valence-electron chi connectivity index (χ2n) is 15.8. The molecular formula is C43H49FN6O6SSi. The van der Waals surface area contributed by atoms with Gasteiger partial charge in [0, 0.05) is 31.3 Å². The van der Waals surface area contributed by atoms with Crippen molar-refractivity contribution in [2.24, 2.45) is 0 Å². The van der Waals surface area contributed by atoms with E-state index in [4.69, 9.17) is 9.47 Å². The number of amides is 1. The smallest absolute Gasteiger partial charge is 0.333 e. The number of carbonyl (C=O) groups excluding carboxylic acids is 1. The number of aryl methyl sites for hydroxylation is 1. The number of halogens is 1. The van der Waals surface area contributed by atoms with Crippen molar-refractivity contribution in [3.8, 4) is 10.8 Å². The predicted molar refractivity (Wildman–Crippen MR) is 226 cm³/mol. The predicted octanol–water partition coefficient (Wildman–Crippen LogP) is 5.30. The fourth-order valence-corrected chi connectivity index (χ4v) is 13.5. The largest absolute Gasteiger partial charge is 0.496 e. The number of nitrogens with zero attached hydrogens (tertiary/aromatic N) is 6. The molecule has 0 unspecified atom stereocenters. The number of aromatic nitrogens is 5. The highest BCUT2D eigenvalue weighted by molar-refractivity contribution is 7.21. The van der Waals surface area contributed by atoms with Crippen LogP contribution in [0.1, 0.15) is 63.7 Å². The maximum Gasteiger partial charge on any atom is 0.333 e. The van der Waals surface area contributed by atoms with Gasteiger partial charge in [-0.2, -0.15) is 10.2 Å². The van der Waals surface area contributed by atoms with Gasteiger partial charge < -0.3 is 19.2 Å². The van der Waals surface area contributed by atoms with Crippen molar-refractivity contribution in [3.05, 3.63) is 129 Å². The molecule has 0 aliphatic carbocycles. The quantitative estimate of drug-likeness (QED) is 0.116. The zero-order chi connectivity index (χ0) is 41.4. The van der Waals surface area contributed by atoms with Gasteiger partial charge in [0.1, 0.15) is 33.0 Å². The van der Waals surface area contributed by atoms with Crippen LogP contribution in [0.2, 0.25) is 5.04 Å². The zero-order valence-electron chi connectivity index (χ0n) is 33.6. The Morgan fingerprint density at radius 3 is 2.26 bits per heavy atom. The molecule has 0 radical (unpaired) electrons. The molecule has 6 aromatic rings. The molecule has 1 fully saturated rings. The van der Waals surface area contributed by atoms with Crippen LogP contribution in [-0.2, 0) is 21.6 Å². The highest BCUT2D eigenvalue weighted by atomic mass is 32.1. The molecule has 7 rings (SSSR count). The Hall–Kier alpha value is -5.22. The molecule has 2 atom stereocenters. The molecule has 0 saturated carbocycles. The van der Waals surface area contributed by atoms with Gasteiger partial charge in [0.2, 0.25) is 5.91 Å². The lowest BCUT2D eigenvalue weighted by Gasteiger charge is -2.41. The lowest BCUT2D eigenvalue weighted by atomic mass is 9.89. The van der Waals surface area contributed by atoms with Crippen LogP contribution in [0.25, 0.3) is 15.2 Å². The number of piperidine rings is 1. The normalized spacial score (nSPS) is 16.9. The Labute approximate surface area is 341 Å². The summed E-state index contributed by atoms with van der Waals surface area (Å²) in [6, 6.07) is 23.8. The number of likely N-dealkylation sites (tertiary alicyclic amines) is 1. The minimum absolute atomic E-state index is 0.141. The Bertz CT molecular complexity index is 2500. The Morgan fingerprint density at radius 1 is 1.00 bits per heavy atom. The first-order valence-corrected chi connectivity index (χ1v) is 22.2. The lowest BCUT2D eigenvalue weighted by molar-refractivity contribution is -0.142. The Balaban J connectivity index is 1.30. The van der Waals surface area contributed by atoms with Gasteiger partial charge in [0.05, 0.1) is 31.4 Å². The van der Waals surface area contributed by atoms with Gasteiger partial charge in [0.25, 0.3) is 13.9 Å². The molecule has 1 amide bonds. The standard InChI is InChI=1S/C43H49FN6O6SSi/c1-29-36-37(51)49(43(4)22-13-25-47(5)40(43)52)41(53)48(39(36)57-38(29)50-45-23-24-46-50)28-35(33-27-30(44)19-20-34(33)55-6)56-26-14-21-42(2,3)58(54,31-15-9-7-10-16-31)32-17-11-8-12-18-32/h7-12,15-20,23-24,27,35,54H,13-14,21-22,25-26,28H2,1-6H3/t35-,43-/m0/s1. The first kappa shape index (κ1) is 41.0. The van der Waals surface area contributed by atoms with E-state index in [1.807, 2.05) is 60.7 Å². The second-order valence-corrected chi connectivity index (χ2v) is 20.8. The molecule has 1 saturated heterocycles. The van der Waals surface area contributed by atoms with E-state index in [0.717, 1.165) is 14.9 Å². The van der Waals surface area contributed by atoms with Crippen molar-refractivity contribution < 1.29 is 23.5 Å². The van der Waals surface area contributed by atoms with Crippen LogP contribution in [0.15, 0.2) is 101 Å². The highest BCUT2D eigenvalue weighted by Crippen LogP contribution is 2.41. The van der Waals surface area contributed by atoms with Gasteiger partial charge in [-0.1, -0.05) is 85.8 Å². The molecule has 0 bridgehead atoms. The zero-order valence-corrected chi connectivity index (χ0v) is 35.5. The lowest BCUT2D eigenvalue weighted by Crippen LogP contribution is -2.65. The van der Waals surface area contributed by atoms with E-state index in [1.165, 1.54) is 58.4 Å². The third-order valence-corrected chi connectivity index (χ3v) is 17.6. The van der Waals surface area contributed by atoms with E-state index in [9.17, 15) is 19.2 Å². The van der Waals surface area contributed by atoms with Gasteiger partial charge in [0.15, 0.2) is 0 Å². The van der Waals surface area contributed by atoms with Crippen LogP contribution < -0.4 is 26.4 Å². The molecule has 15 heteroatoms. The summed E-state index contributed by atoms with van der Waals surface area (Å²) in [5, 5.41) is 10.7. The number of rotatable bonds is 14. The molecule has 3 aromatic heterocycles. The SMILES string of the molecule is COc1ccc(F)cc1[C@H](Cn1c(=O)n([C@@]2(C)CCCN(C)C2=O)c(=O)c2c(C)c(-n3nccn3)sc21)OCCCC(C)(C)[Si](O)(c1ccccc1)c1ccccc1. The van der Waals surface area contributed by atoms with Crippen molar-refractivity contribution in [2.45, 2.75) is 76.6 Å². The third-order valence-electron chi connectivity index (χ3n) is 11.8. The number of likely N-dealkylation sites (N-methyl/N-ethyl adjacent to an activating group) is 1. The molecular weight excluding hydrogens is 776 g/mol. The van der Waals surface area contributed by atoms with E-state index in [-0.39, 0.29) is 24.4 Å². The summed E-state index contributed by atoms with van der Waals surface area (Å²) in [5.74, 6) is -0.487. The van der Waals surface area contributed by atoms with Gasteiger partial charge in [-0.3, -0.25) is 14.2 Å². The number of carbonyl (C=O) groups is 1. The van der Waals surface area contributed by atoms with Crippen molar-refractivity contribution in [1.82, 2.24) is 29.0 Å². The summed E-state index contributed by atoms with van der Waals surface area (Å²) >= 11 is 1.18. The van der Waals surface area contributed by atoms with Crippen LogP contribution in [0, 0.1) is 12.7 Å². The van der Waals surface area contributed by atoms with Gasteiger partial charge in [-0.15, -0.1) is 4.80 Å². The molecule has 3 aromatic carbocycles. The van der Waals surface area contributed by atoms with Crippen LogP contribution in [0.4, 0.5) is 4.39 Å². The van der Waals surface area contributed by atoms with Crippen LogP contribution in [0.3, 0.4) is 0 Å². The number of hydrogen-bond acceptors (Lipinski definition) is 9. The van der Waals surface area contributed by atoms with Crippen LogP contribution in [0.5, 0.6) is 5.75 Å². The summed E-state index contributed by atoms with van der Waals surface area (Å²) in [4.78, 5) is 59.4. The van der Waals surface area contributed by atoms with Gasteiger partial charge in [-0.05, 0) is 73.1 Å². The first-order valence-electron chi connectivity index (χ1n) is 19.4. The fraction of sp³-hybridized carbons (Fsp3) is 0.372. The first-order chi connectivity index (χ1) is 27.7. The Morgan fingerprint density at radius 2 is 1.64 bits per heavy atom. The van der Waals surface area contributed by atoms with Crippen molar-refractivity contribution >= 4 is 46.2 Å². The van der Waals surface area contributed by atoms with E-state index < -0.39 is 42.1 Å². The third kappa shape index (κ3) is 7.14. The summed E-state index contributed by atoms with van der Waals surface area (Å²) in [6.45, 7) is 8.14. The Kier molecular flexibility index (Phi) is 11.4. The molecule has 304 valence electrons. The molecule has 58 heavy (non-hydrogen) atoms.